The van der Waals surface area contributed by atoms with Crippen LogP contribution in [0.5, 0.6) is 0 Å². The van der Waals surface area contributed by atoms with E-state index in [2.05, 4.69) is 34.5 Å². The summed E-state index contributed by atoms with van der Waals surface area (Å²) in [6.07, 6.45) is 3.20. The Morgan fingerprint density at radius 2 is 1.49 bits per heavy atom. The van der Waals surface area contributed by atoms with Crippen molar-refractivity contribution >= 4 is 17.7 Å². The first-order chi connectivity index (χ1) is 22.9. The molecule has 2 aliphatic rings. The molecule has 1 aliphatic carbocycles. The topological polar surface area (TPSA) is 89.6 Å². The molecular formula is C38H49N3O6. The molecule has 3 aromatic rings. The number of carbonyl (C=O) groups is 2. The van der Waals surface area contributed by atoms with Crippen LogP contribution in [0.15, 0.2) is 78.9 Å². The Hall–Kier alpha value is -3.76. The SMILES string of the molecule is COC(CN(C)C(=O)CCOCCc1ccc(CCN2C[C@H]3C[C@@H](OC(=O)Nc4ccccc4-c4ccccc4)C[C@H]3C2)cc1)OC. The predicted octanol–water partition coefficient (Wildman–Crippen LogP) is 5.88. The van der Waals surface area contributed by atoms with E-state index >= 15 is 0 Å². The van der Waals surface area contributed by atoms with Gasteiger partial charge < -0.3 is 28.7 Å². The summed E-state index contributed by atoms with van der Waals surface area (Å²) in [6, 6.07) is 26.7. The van der Waals surface area contributed by atoms with E-state index in [1.165, 1.54) is 11.1 Å². The van der Waals surface area contributed by atoms with Gasteiger partial charge in [-0.25, -0.2) is 4.79 Å². The van der Waals surface area contributed by atoms with Crippen LogP contribution in [0.1, 0.15) is 30.4 Å². The van der Waals surface area contributed by atoms with Gasteiger partial charge in [0.1, 0.15) is 6.10 Å². The molecule has 2 amide bonds. The van der Waals surface area contributed by atoms with E-state index < -0.39 is 6.29 Å². The summed E-state index contributed by atoms with van der Waals surface area (Å²) in [5, 5.41) is 2.99. The van der Waals surface area contributed by atoms with Crippen LogP contribution in [0.2, 0.25) is 0 Å². The number of hydrogen-bond acceptors (Lipinski definition) is 7. The van der Waals surface area contributed by atoms with Crippen molar-refractivity contribution in [3.63, 3.8) is 0 Å². The Kier molecular flexibility index (Phi) is 12.8. The zero-order chi connectivity index (χ0) is 33.0. The molecule has 0 unspecified atom stereocenters. The summed E-state index contributed by atoms with van der Waals surface area (Å²) in [4.78, 5) is 29.3. The molecule has 0 bridgehead atoms. The third-order valence-corrected chi connectivity index (χ3v) is 9.42. The molecule has 3 aromatic carbocycles. The lowest BCUT2D eigenvalue weighted by atomic mass is 10.0. The molecule has 1 heterocycles. The maximum Gasteiger partial charge on any atom is 0.411 e. The van der Waals surface area contributed by atoms with Crippen LogP contribution in [-0.4, -0.2) is 94.9 Å². The number of methoxy groups -OCH3 is 2. The van der Waals surface area contributed by atoms with Crippen molar-refractivity contribution in [1.82, 2.24) is 9.80 Å². The summed E-state index contributed by atoms with van der Waals surface area (Å²) in [5.41, 5.74) is 5.37. The van der Waals surface area contributed by atoms with Gasteiger partial charge in [-0.05, 0) is 60.3 Å². The number of rotatable bonds is 16. The van der Waals surface area contributed by atoms with Gasteiger partial charge in [-0.3, -0.25) is 10.1 Å². The quantitative estimate of drug-likeness (QED) is 0.154. The number of hydrogen-bond donors (Lipinski definition) is 1. The van der Waals surface area contributed by atoms with E-state index in [-0.39, 0.29) is 18.1 Å². The zero-order valence-electron chi connectivity index (χ0n) is 27.9. The Bertz CT molecular complexity index is 1400. The minimum absolute atomic E-state index is 0.00674. The van der Waals surface area contributed by atoms with Crippen molar-refractivity contribution in [1.29, 1.82) is 0 Å². The van der Waals surface area contributed by atoms with Gasteiger partial charge in [0.2, 0.25) is 5.91 Å². The molecule has 0 radical (unpaired) electrons. The highest BCUT2D eigenvalue weighted by Crippen LogP contribution is 2.39. The van der Waals surface area contributed by atoms with E-state index in [1.54, 1.807) is 26.2 Å². The first-order valence-electron chi connectivity index (χ1n) is 16.7. The van der Waals surface area contributed by atoms with Crippen LogP contribution in [0.3, 0.4) is 0 Å². The number of likely N-dealkylation sites (tertiary alicyclic amines) is 1. The summed E-state index contributed by atoms with van der Waals surface area (Å²) >= 11 is 0. The lowest BCUT2D eigenvalue weighted by molar-refractivity contribution is -0.143. The van der Waals surface area contributed by atoms with Crippen LogP contribution in [0.25, 0.3) is 11.1 Å². The van der Waals surface area contributed by atoms with E-state index in [0.717, 1.165) is 62.1 Å². The molecule has 47 heavy (non-hydrogen) atoms. The normalized spacial score (nSPS) is 19.1. The van der Waals surface area contributed by atoms with Crippen molar-refractivity contribution in [2.75, 3.05) is 66.0 Å². The minimum atomic E-state index is -0.423. The largest absolute Gasteiger partial charge is 0.446 e. The third-order valence-electron chi connectivity index (χ3n) is 9.42. The van der Waals surface area contributed by atoms with Crippen molar-refractivity contribution in [3.8, 4) is 11.1 Å². The number of anilines is 1. The molecule has 0 aromatic heterocycles. The van der Waals surface area contributed by atoms with Crippen molar-refractivity contribution in [2.24, 2.45) is 11.8 Å². The molecule has 1 saturated carbocycles. The fraction of sp³-hybridized carbons (Fsp3) is 0.474. The molecular weight excluding hydrogens is 594 g/mol. The summed E-state index contributed by atoms with van der Waals surface area (Å²) in [5.74, 6) is 1.16. The Morgan fingerprint density at radius 3 is 2.17 bits per heavy atom. The zero-order valence-corrected chi connectivity index (χ0v) is 27.9. The maximum absolute atomic E-state index is 12.8. The van der Waals surface area contributed by atoms with Crippen molar-refractivity contribution in [2.45, 2.75) is 44.5 Å². The second-order valence-electron chi connectivity index (χ2n) is 12.7. The lowest BCUT2D eigenvalue weighted by Gasteiger charge is -2.22. The number of amides is 2. The molecule has 3 atom stereocenters. The Morgan fingerprint density at radius 1 is 0.851 bits per heavy atom. The van der Waals surface area contributed by atoms with Gasteiger partial charge in [-0.15, -0.1) is 0 Å². The standard InChI is InChI=1S/C38H49N3O6/c1-40(27-37(44-2)45-3)36(42)19-22-46-21-18-29-15-13-28(14-16-29)17-20-41-25-31-23-33(24-32(31)26-41)47-38(43)39-35-12-8-7-11-34(35)30-9-5-4-6-10-30/h4-16,31-33,37H,17-27H2,1-3H3,(H,39,43)/t31-,32+,33-. The number of ether oxygens (including phenoxy) is 4. The third kappa shape index (κ3) is 10.1. The first-order valence-corrected chi connectivity index (χ1v) is 16.7. The fourth-order valence-corrected chi connectivity index (χ4v) is 6.75. The van der Waals surface area contributed by atoms with E-state index in [1.807, 2.05) is 54.6 Å². The molecule has 1 saturated heterocycles. The number of para-hydroxylation sites is 1. The predicted molar refractivity (Wildman–Crippen MR) is 183 cm³/mol. The van der Waals surface area contributed by atoms with Gasteiger partial charge in [0.25, 0.3) is 0 Å². The molecule has 1 aliphatic heterocycles. The van der Waals surface area contributed by atoms with Crippen molar-refractivity contribution < 1.29 is 28.5 Å². The number of nitrogens with one attached hydrogen (secondary N) is 1. The van der Waals surface area contributed by atoms with Gasteiger partial charge >= 0.3 is 6.09 Å². The molecule has 252 valence electrons. The van der Waals surface area contributed by atoms with E-state index in [4.69, 9.17) is 18.9 Å². The maximum atomic E-state index is 12.8. The highest BCUT2D eigenvalue weighted by atomic mass is 16.7. The number of carbonyl (C=O) groups excluding carboxylic acids is 2. The minimum Gasteiger partial charge on any atom is -0.446 e. The highest BCUT2D eigenvalue weighted by molar-refractivity contribution is 5.91. The highest BCUT2D eigenvalue weighted by Gasteiger charge is 2.42. The fourth-order valence-electron chi connectivity index (χ4n) is 6.75. The lowest BCUT2D eigenvalue weighted by Crippen LogP contribution is -2.36. The Balaban J connectivity index is 0.957. The summed E-state index contributed by atoms with van der Waals surface area (Å²) in [6.45, 7) is 4.53. The number of fused-ring (bicyclic) bond motifs is 1. The average molecular weight is 644 g/mol. The van der Waals surface area contributed by atoms with Gasteiger partial charge in [0.05, 0.1) is 31.9 Å². The summed E-state index contributed by atoms with van der Waals surface area (Å²) in [7, 11) is 4.86. The van der Waals surface area contributed by atoms with Crippen LogP contribution in [0, 0.1) is 11.8 Å². The first kappa shape index (κ1) is 34.6. The van der Waals surface area contributed by atoms with Crippen LogP contribution < -0.4 is 5.32 Å². The van der Waals surface area contributed by atoms with Gasteiger partial charge in [-0.2, -0.15) is 0 Å². The molecule has 1 N–H and O–H groups in total. The molecule has 2 fully saturated rings. The van der Waals surface area contributed by atoms with E-state index in [0.29, 0.717) is 38.0 Å². The summed E-state index contributed by atoms with van der Waals surface area (Å²) < 4.78 is 21.9. The van der Waals surface area contributed by atoms with Gasteiger partial charge in [0.15, 0.2) is 6.29 Å². The second-order valence-corrected chi connectivity index (χ2v) is 12.7. The van der Waals surface area contributed by atoms with Gasteiger partial charge in [0, 0.05) is 46.5 Å². The Labute approximate surface area is 279 Å². The number of nitrogens with zero attached hydrogens (tertiary/aromatic N) is 2. The van der Waals surface area contributed by atoms with Crippen LogP contribution in [-0.2, 0) is 36.6 Å². The smallest absolute Gasteiger partial charge is 0.411 e. The second kappa shape index (κ2) is 17.4. The molecule has 0 spiro atoms. The average Bonchev–Trinajstić information content (AvgIpc) is 3.65. The number of likely N-dealkylation sites (N-methyl/N-ethyl adjacent to an activating group) is 1. The number of benzene rings is 3. The van der Waals surface area contributed by atoms with E-state index in [9.17, 15) is 9.59 Å². The van der Waals surface area contributed by atoms with Crippen molar-refractivity contribution in [3.05, 3.63) is 90.0 Å². The van der Waals surface area contributed by atoms with Crippen LogP contribution in [0.4, 0.5) is 10.5 Å². The molecule has 5 rings (SSSR count). The molecule has 9 heteroatoms. The van der Waals surface area contributed by atoms with Gasteiger partial charge in [-0.1, -0.05) is 72.8 Å². The monoisotopic (exact) mass is 643 g/mol. The van der Waals surface area contributed by atoms with Crippen LogP contribution >= 0.6 is 0 Å². The molecule has 9 nitrogen and oxygen atoms in total.